The second kappa shape index (κ2) is 7.15. The summed E-state index contributed by atoms with van der Waals surface area (Å²) in [7, 11) is 0. The van der Waals surface area contributed by atoms with Crippen LogP contribution in [0.4, 0.5) is 26.4 Å². The Morgan fingerprint density at radius 2 is 2.00 bits per heavy atom. The van der Waals surface area contributed by atoms with E-state index in [4.69, 9.17) is 20.4 Å². The van der Waals surface area contributed by atoms with Crippen molar-refractivity contribution in [1.82, 2.24) is 15.0 Å². The summed E-state index contributed by atoms with van der Waals surface area (Å²) in [6, 6.07) is 4.14. The molecule has 0 amide bonds. The number of nitrogens with zero attached hydrogens (tertiary/aromatic N) is 5. The van der Waals surface area contributed by atoms with Crippen LogP contribution in [0.3, 0.4) is 0 Å². The lowest BCUT2D eigenvalue weighted by Gasteiger charge is -2.31. The van der Waals surface area contributed by atoms with E-state index in [2.05, 4.69) is 19.5 Å². The normalized spacial score (nSPS) is 28.9. The van der Waals surface area contributed by atoms with Crippen molar-refractivity contribution in [2.45, 2.75) is 50.5 Å². The number of nitrogens with two attached hydrogens (primary N) is 1. The Balaban J connectivity index is 1.41. The van der Waals surface area contributed by atoms with Crippen molar-refractivity contribution >= 4 is 17.6 Å². The molecule has 0 radical (unpaired) electrons. The van der Waals surface area contributed by atoms with Gasteiger partial charge in [-0.15, -0.1) is 0 Å². The molecule has 6 rings (SSSR count). The maximum absolute atomic E-state index is 12.8. The van der Waals surface area contributed by atoms with E-state index in [-0.39, 0.29) is 17.7 Å². The number of alkyl halides is 2. The lowest BCUT2D eigenvalue weighted by molar-refractivity contribution is -0.0494. The maximum atomic E-state index is 12.8. The van der Waals surface area contributed by atoms with Gasteiger partial charge in [0.2, 0.25) is 5.95 Å². The molecular formula is C21H24F2N6O2. The number of rotatable bonds is 5. The average molecular weight is 430 g/mol. The molecule has 1 aliphatic carbocycles. The molecule has 3 saturated heterocycles. The van der Waals surface area contributed by atoms with Gasteiger partial charge in [0.15, 0.2) is 11.6 Å². The van der Waals surface area contributed by atoms with E-state index in [9.17, 15) is 8.78 Å². The van der Waals surface area contributed by atoms with Gasteiger partial charge in [-0.1, -0.05) is 0 Å². The maximum Gasteiger partial charge on any atom is 0.387 e. The molecule has 2 aromatic heterocycles. The van der Waals surface area contributed by atoms with Gasteiger partial charge in [-0.2, -0.15) is 13.8 Å². The molecule has 2 aromatic rings. The highest BCUT2D eigenvalue weighted by molar-refractivity contribution is 5.68. The van der Waals surface area contributed by atoms with Crippen molar-refractivity contribution in [3.8, 4) is 17.0 Å². The van der Waals surface area contributed by atoms with Crippen molar-refractivity contribution in [1.29, 1.82) is 0 Å². The Bertz CT molecular complexity index is 962. The number of halogens is 2. The minimum atomic E-state index is -2.98. The van der Waals surface area contributed by atoms with Gasteiger partial charge in [-0.25, -0.2) is 9.97 Å². The van der Waals surface area contributed by atoms with Gasteiger partial charge < -0.3 is 25.0 Å². The first-order chi connectivity index (χ1) is 15.0. The monoisotopic (exact) mass is 430 g/mol. The first kappa shape index (κ1) is 19.0. The van der Waals surface area contributed by atoms with Gasteiger partial charge in [-0.3, -0.25) is 0 Å². The molecule has 4 atom stereocenters. The molecule has 4 fully saturated rings. The van der Waals surface area contributed by atoms with Crippen LogP contribution in [0.1, 0.15) is 25.7 Å². The Morgan fingerprint density at radius 3 is 2.68 bits per heavy atom. The van der Waals surface area contributed by atoms with E-state index in [0.29, 0.717) is 41.8 Å². The van der Waals surface area contributed by atoms with E-state index in [1.807, 2.05) is 6.07 Å². The predicted molar refractivity (Wildman–Crippen MR) is 110 cm³/mol. The summed E-state index contributed by atoms with van der Waals surface area (Å²) < 4.78 is 35.9. The van der Waals surface area contributed by atoms with Crippen LogP contribution in [0, 0.1) is 5.92 Å². The fourth-order valence-electron chi connectivity index (χ4n) is 5.48. The zero-order chi connectivity index (χ0) is 21.1. The van der Waals surface area contributed by atoms with Gasteiger partial charge in [0.05, 0.1) is 24.4 Å². The second-order valence-corrected chi connectivity index (χ2v) is 8.88. The van der Waals surface area contributed by atoms with Crippen LogP contribution < -0.4 is 20.3 Å². The van der Waals surface area contributed by atoms with E-state index < -0.39 is 6.61 Å². The molecule has 10 heteroatoms. The van der Waals surface area contributed by atoms with Gasteiger partial charge >= 0.3 is 6.61 Å². The molecule has 1 saturated carbocycles. The average Bonchev–Trinajstić information content (AvgIpc) is 3.56. The molecule has 2 unspecified atom stereocenters. The topological polar surface area (TPSA) is 89.6 Å². The van der Waals surface area contributed by atoms with E-state index in [1.165, 1.54) is 18.9 Å². The first-order valence-corrected chi connectivity index (χ1v) is 10.8. The van der Waals surface area contributed by atoms with Crippen LogP contribution in [-0.4, -0.2) is 59.4 Å². The molecule has 3 aliphatic heterocycles. The molecule has 0 aromatic carbocycles. The Kier molecular flexibility index (Phi) is 4.38. The van der Waals surface area contributed by atoms with Crippen LogP contribution in [0.2, 0.25) is 0 Å². The van der Waals surface area contributed by atoms with Crippen molar-refractivity contribution in [3.05, 3.63) is 18.3 Å². The number of morpholine rings is 1. The van der Waals surface area contributed by atoms with Crippen LogP contribution in [0.15, 0.2) is 18.3 Å². The molecule has 5 heterocycles. The molecule has 0 spiro atoms. The minimum Gasteiger partial charge on any atom is -0.431 e. The largest absolute Gasteiger partial charge is 0.431 e. The Labute approximate surface area is 178 Å². The number of hydrogen-bond acceptors (Lipinski definition) is 8. The van der Waals surface area contributed by atoms with Crippen LogP contribution in [-0.2, 0) is 4.74 Å². The van der Waals surface area contributed by atoms with Gasteiger partial charge in [0.25, 0.3) is 0 Å². The van der Waals surface area contributed by atoms with E-state index >= 15 is 0 Å². The van der Waals surface area contributed by atoms with Crippen molar-refractivity contribution in [3.63, 3.8) is 0 Å². The number of nitrogen functional groups attached to an aromatic ring is 1. The molecule has 2 N–H and O–H groups in total. The standard InChI is InChI=1S/C21H24F2N6O2/c22-20(23)31-17-4-12(7-25-19(17)24)16-6-18(28-9-15-5-14(28)10-30-15)27-21(26-16)29-8-11-1-2-13(29)3-11/h4,6-7,11,13-15,20H,1-3,5,8-10H2,(H2,24,25)/t11?,13?,14-,15-/m1/s1. The summed E-state index contributed by atoms with van der Waals surface area (Å²) in [6.07, 6.45) is 6.38. The summed E-state index contributed by atoms with van der Waals surface area (Å²) in [5, 5.41) is 0. The summed E-state index contributed by atoms with van der Waals surface area (Å²) in [6.45, 7) is -0.519. The number of anilines is 3. The summed E-state index contributed by atoms with van der Waals surface area (Å²) >= 11 is 0. The Hall–Kier alpha value is -2.75. The Morgan fingerprint density at radius 1 is 1.10 bits per heavy atom. The van der Waals surface area contributed by atoms with Gasteiger partial charge in [0.1, 0.15) is 5.82 Å². The SMILES string of the molecule is Nc1ncc(-c2cc(N3C[C@H]4C[C@@H]3CO4)nc(N3CC4CCC3C4)n2)cc1OC(F)F. The zero-order valence-electron chi connectivity index (χ0n) is 17.0. The highest BCUT2D eigenvalue weighted by Gasteiger charge is 2.42. The highest BCUT2D eigenvalue weighted by atomic mass is 19.3. The minimum absolute atomic E-state index is 0.0793. The van der Waals surface area contributed by atoms with E-state index in [0.717, 1.165) is 31.7 Å². The second-order valence-electron chi connectivity index (χ2n) is 8.88. The number of aromatic nitrogens is 3. The first-order valence-electron chi connectivity index (χ1n) is 10.8. The molecule has 164 valence electrons. The number of hydrogen-bond donors (Lipinski definition) is 1. The van der Waals surface area contributed by atoms with Crippen molar-refractivity contribution < 1.29 is 18.3 Å². The molecule has 31 heavy (non-hydrogen) atoms. The van der Waals surface area contributed by atoms with Crippen molar-refractivity contribution in [2.75, 3.05) is 35.2 Å². The highest BCUT2D eigenvalue weighted by Crippen LogP contribution is 2.41. The summed E-state index contributed by atoms with van der Waals surface area (Å²) in [5.41, 5.74) is 6.92. The quantitative estimate of drug-likeness (QED) is 0.775. The van der Waals surface area contributed by atoms with Gasteiger partial charge in [0, 0.05) is 37.0 Å². The number of pyridine rings is 1. The van der Waals surface area contributed by atoms with Crippen molar-refractivity contribution in [2.24, 2.45) is 5.92 Å². The smallest absolute Gasteiger partial charge is 0.387 e. The molecule has 8 nitrogen and oxygen atoms in total. The third-order valence-corrected chi connectivity index (χ3v) is 6.96. The van der Waals surface area contributed by atoms with Gasteiger partial charge in [-0.05, 0) is 37.7 Å². The fraction of sp³-hybridized carbons (Fsp3) is 0.571. The fourth-order valence-corrected chi connectivity index (χ4v) is 5.48. The molecular weight excluding hydrogens is 406 g/mol. The number of piperidine rings is 1. The molecule has 4 bridgehead atoms. The summed E-state index contributed by atoms with van der Waals surface area (Å²) in [4.78, 5) is 18.4. The van der Waals surface area contributed by atoms with Crippen LogP contribution in [0.25, 0.3) is 11.3 Å². The third-order valence-electron chi connectivity index (χ3n) is 6.96. The lowest BCUT2D eigenvalue weighted by Crippen LogP contribution is -2.38. The van der Waals surface area contributed by atoms with Crippen LogP contribution >= 0.6 is 0 Å². The number of fused-ring (bicyclic) bond motifs is 4. The zero-order valence-corrected chi connectivity index (χ0v) is 17.0. The third kappa shape index (κ3) is 3.33. The lowest BCUT2D eigenvalue weighted by atomic mass is 10.1. The van der Waals surface area contributed by atoms with E-state index in [1.54, 1.807) is 6.20 Å². The van der Waals surface area contributed by atoms with Crippen LogP contribution in [0.5, 0.6) is 5.75 Å². The number of ether oxygens (including phenoxy) is 2. The summed E-state index contributed by atoms with van der Waals surface area (Å²) in [5.74, 6) is 2.00. The molecule has 4 aliphatic rings. The predicted octanol–water partition coefficient (Wildman–Crippen LogP) is 2.69.